The van der Waals surface area contributed by atoms with Gasteiger partial charge in [-0.05, 0) is 58.7 Å². The highest BCUT2D eigenvalue weighted by Gasteiger charge is 2.35. The number of rotatable bonds is 2. The fourth-order valence-electron chi connectivity index (χ4n) is 4.58. The zero-order valence-corrected chi connectivity index (χ0v) is 16.9. The Labute approximate surface area is 175 Å². The minimum Gasteiger partial charge on any atom is -0.449 e. The van der Waals surface area contributed by atoms with E-state index in [1.807, 2.05) is 42.5 Å². The summed E-state index contributed by atoms with van der Waals surface area (Å²) in [6, 6.07) is 28.9. The second kappa shape index (κ2) is 6.14. The Morgan fingerprint density at radius 3 is 2.20 bits per heavy atom. The summed E-state index contributed by atoms with van der Waals surface area (Å²) in [4.78, 5) is 0. The maximum atomic E-state index is 6.18. The Morgan fingerprint density at radius 1 is 0.633 bits per heavy atom. The molecule has 0 aromatic heterocycles. The predicted octanol–water partition coefficient (Wildman–Crippen LogP) is 7.63. The molecule has 2 aliphatic rings. The average Bonchev–Trinajstić information content (AvgIpc) is 3.00. The molecule has 0 unspecified atom stereocenters. The minimum absolute atomic E-state index is 0.0295. The number of benzene rings is 4. The van der Waals surface area contributed by atoms with Gasteiger partial charge in [0.05, 0.1) is 5.69 Å². The molecule has 0 atom stereocenters. The summed E-state index contributed by atoms with van der Waals surface area (Å²) < 4.78 is 12.2. The van der Waals surface area contributed by atoms with Crippen LogP contribution in [-0.4, -0.2) is 0 Å². The van der Waals surface area contributed by atoms with Crippen molar-refractivity contribution < 1.29 is 9.47 Å². The number of ether oxygens (including phenoxy) is 2. The highest BCUT2D eigenvalue weighted by atomic mass is 16.6. The van der Waals surface area contributed by atoms with Crippen molar-refractivity contribution in [2.24, 2.45) is 0 Å². The Balaban J connectivity index is 1.38. The van der Waals surface area contributed by atoms with Crippen LogP contribution < -0.4 is 14.8 Å². The molecule has 0 fully saturated rings. The van der Waals surface area contributed by atoms with Gasteiger partial charge in [-0.1, -0.05) is 62.4 Å². The SMILES string of the molecule is CC1(C)c2ccccc2-c2ccc(Nc3cccc4c3Oc3ccccc3O4)cc21. The fraction of sp³-hybridized carbons (Fsp3) is 0.111. The molecule has 146 valence electrons. The number of hydrogen-bond acceptors (Lipinski definition) is 3. The Kier molecular flexibility index (Phi) is 3.51. The smallest absolute Gasteiger partial charge is 0.193 e. The molecule has 4 aromatic rings. The standard InChI is InChI=1S/C27H21NO2/c1-27(2)20-9-4-3-8-18(20)19-15-14-17(16-21(19)27)28-22-10-7-13-25-26(22)30-24-12-6-5-11-23(24)29-25/h3-16,28H,1-2H3. The molecule has 0 amide bonds. The Bertz CT molecular complexity index is 1310. The maximum Gasteiger partial charge on any atom is 0.193 e. The first-order valence-corrected chi connectivity index (χ1v) is 10.2. The molecule has 0 bridgehead atoms. The second-order valence-electron chi connectivity index (χ2n) is 8.34. The van der Waals surface area contributed by atoms with Crippen molar-refractivity contribution in [1.29, 1.82) is 0 Å². The molecule has 3 nitrogen and oxygen atoms in total. The van der Waals surface area contributed by atoms with E-state index in [1.165, 1.54) is 22.3 Å². The van der Waals surface area contributed by atoms with Gasteiger partial charge >= 0.3 is 0 Å². The van der Waals surface area contributed by atoms with Gasteiger partial charge in [0.2, 0.25) is 0 Å². The number of para-hydroxylation sites is 3. The molecular weight excluding hydrogens is 370 g/mol. The molecular formula is C27H21NO2. The van der Waals surface area contributed by atoms with Crippen molar-refractivity contribution in [2.45, 2.75) is 19.3 Å². The molecule has 0 radical (unpaired) electrons. The average molecular weight is 391 g/mol. The molecule has 0 saturated carbocycles. The van der Waals surface area contributed by atoms with Gasteiger partial charge in [-0.25, -0.2) is 0 Å². The number of nitrogens with one attached hydrogen (secondary N) is 1. The van der Waals surface area contributed by atoms with E-state index in [4.69, 9.17) is 9.47 Å². The zero-order valence-electron chi connectivity index (χ0n) is 16.9. The summed E-state index contributed by atoms with van der Waals surface area (Å²) in [5.41, 5.74) is 7.24. The van der Waals surface area contributed by atoms with E-state index in [0.29, 0.717) is 11.5 Å². The first-order valence-electron chi connectivity index (χ1n) is 10.2. The Morgan fingerprint density at radius 2 is 1.33 bits per heavy atom. The van der Waals surface area contributed by atoms with E-state index in [9.17, 15) is 0 Å². The molecule has 30 heavy (non-hydrogen) atoms. The van der Waals surface area contributed by atoms with Crippen molar-refractivity contribution in [3.05, 3.63) is 96.1 Å². The highest BCUT2D eigenvalue weighted by molar-refractivity contribution is 5.83. The van der Waals surface area contributed by atoms with Crippen LogP contribution in [0.3, 0.4) is 0 Å². The largest absolute Gasteiger partial charge is 0.449 e. The van der Waals surface area contributed by atoms with Crippen molar-refractivity contribution in [1.82, 2.24) is 0 Å². The summed E-state index contributed by atoms with van der Waals surface area (Å²) in [5.74, 6) is 2.89. The van der Waals surface area contributed by atoms with E-state index in [0.717, 1.165) is 22.9 Å². The lowest BCUT2D eigenvalue weighted by atomic mass is 9.82. The van der Waals surface area contributed by atoms with Crippen LogP contribution in [0.25, 0.3) is 11.1 Å². The van der Waals surface area contributed by atoms with Crippen LogP contribution in [-0.2, 0) is 5.41 Å². The lowest BCUT2D eigenvalue weighted by Crippen LogP contribution is -2.15. The summed E-state index contributed by atoms with van der Waals surface area (Å²) in [5, 5.41) is 3.55. The summed E-state index contributed by atoms with van der Waals surface area (Å²) >= 11 is 0. The van der Waals surface area contributed by atoms with E-state index < -0.39 is 0 Å². The van der Waals surface area contributed by atoms with E-state index in [2.05, 4.69) is 61.6 Å². The van der Waals surface area contributed by atoms with E-state index in [-0.39, 0.29) is 5.41 Å². The van der Waals surface area contributed by atoms with Crippen LogP contribution in [0.15, 0.2) is 84.9 Å². The molecule has 1 aliphatic carbocycles. The third kappa shape index (κ3) is 2.45. The Hall–Kier alpha value is -3.72. The molecule has 6 rings (SSSR count). The molecule has 1 N–H and O–H groups in total. The van der Waals surface area contributed by atoms with Crippen LogP contribution in [0.2, 0.25) is 0 Å². The maximum absolute atomic E-state index is 6.18. The topological polar surface area (TPSA) is 30.5 Å². The first kappa shape index (κ1) is 17.2. The van der Waals surface area contributed by atoms with Crippen LogP contribution in [0.4, 0.5) is 11.4 Å². The van der Waals surface area contributed by atoms with Gasteiger partial charge in [0.1, 0.15) is 0 Å². The van der Waals surface area contributed by atoms with Crippen molar-refractivity contribution >= 4 is 11.4 Å². The third-order valence-corrected chi connectivity index (χ3v) is 6.12. The van der Waals surface area contributed by atoms with E-state index >= 15 is 0 Å². The van der Waals surface area contributed by atoms with E-state index in [1.54, 1.807) is 0 Å². The van der Waals surface area contributed by atoms with Gasteiger partial charge in [-0.3, -0.25) is 0 Å². The number of fused-ring (bicyclic) bond motifs is 5. The lowest BCUT2D eigenvalue weighted by Gasteiger charge is -2.24. The second-order valence-corrected chi connectivity index (χ2v) is 8.34. The lowest BCUT2D eigenvalue weighted by molar-refractivity contribution is 0.361. The molecule has 1 heterocycles. The highest BCUT2D eigenvalue weighted by Crippen LogP contribution is 2.51. The van der Waals surface area contributed by atoms with Gasteiger partial charge in [0.15, 0.2) is 23.0 Å². The summed E-state index contributed by atoms with van der Waals surface area (Å²) in [6.07, 6.45) is 0. The molecule has 1 aliphatic heterocycles. The van der Waals surface area contributed by atoms with Gasteiger partial charge in [-0.2, -0.15) is 0 Å². The molecule has 3 heteroatoms. The van der Waals surface area contributed by atoms with Crippen LogP contribution in [0, 0.1) is 0 Å². The monoisotopic (exact) mass is 391 g/mol. The fourth-order valence-corrected chi connectivity index (χ4v) is 4.58. The van der Waals surface area contributed by atoms with Gasteiger partial charge < -0.3 is 14.8 Å². The van der Waals surface area contributed by atoms with Crippen LogP contribution in [0.1, 0.15) is 25.0 Å². The predicted molar refractivity (Wildman–Crippen MR) is 120 cm³/mol. The molecule has 4 aromatic carbocycles. The third-order valence-electron chi connectivity index (χ3n) is 6.12. The normalized spacial score (nSPS) is 14.5. The molecule has 0 saturated heterocycles. The van der Waals surface area contributed by atoms with Gasteiger partial charge in [0.25, 0.3) is 0 Å². The zero-order chi connectivity index (χ0) is 20.3. The number of anilines is 2. The first-order chi connectivity index (χ1) is 14.6. The molecule has 0 spiro atoms. The van der Waals surface area contributed by atoms with Crippen LogP contribution in [0.5, 0.6) is 23.0 Å². The van der Waals surface area contributed by atoms with Crippen molar-refractivity contribution in [3.8, 4) is 34.1 Å². The summed E-state index contributed by atoms with van der Waals surface area (Å²) in [6.45, 7) is 4.58. The summed E-state index contributed by atoms with van der Waals surface area (Å²) in [7, 11) is 0. The quantitative estimate of drug-likeness (QED) is 0.335. The minimum atomic E-state index is -0.0295. The van der Waals surface area contributed by atoms with Gasteiger partial charge in [0, 0.05) is 11.1 Å². The number of hydrogen-bond donors (Lipinski definition) is 1. The van der Waals surface area contributed by atoms with Crippen LogP contribution >= 0.6 is 0 Å². The van der Waals surface area contributed by atoms with Crippen molar-refractivity contribution in [3.63, 3.8) is 0 Å². The van der Waals surface area contributed by atoms with Gasteiger partial charge in [-0.15, -0.1) is 0 Å². The van der Waals surface area contributed by atoms with Crippen molar-refractivity contribution in [2.75, 3.05) is 5.32 Å².